The third-order valence-electron chi connectivity index (χ3n) is 7.06. The molecule has 0 radical (unpaired) electrons. The molecule has 3 aromatic rings. The molecular weight excluding hydrogens is 594 g/mol. The van der Waals surface area contributed by atoms with Crippen LogP contribution in [0.25, 0.3) is 11.1 Å². The average Bonchev–Trinajstić information content (AvgIpc) is 3.02. The Balaban J connectivity index is 1.51. The molecule has 0 aliphatic carbocycles. The molecule has 0 amide bonds. The Morgan fingerprint density at radius 3 is 2.13 bits per heavy atom. The van der Waals surface area contributed by atoms with E-state index in [-0.39, 0.29) is 11.9 Å². The van der Waals surface area contributed by atoms with Crippen LogP contribution in [0.3, 0.4) is 0 Å². The molecule has 0 atom stereocenters. The minimum Gasteiger partial charge on any atom is -0.494 e. The van der Waals surface area contributed by atoms with E-state index < -0.39 is 0 Å². The number of benzene rings is 2. The lowest BCUT2D eigenvalue weighted by Crippen LogP contribution is -2.10. The van der Waals surface area contributed by atoms with Crippen LogP contribution in [0.2, 0.25) is 5.15 Å². The first-order chi connectivity index (χ1) is 21.9. The number of rotatable bonds is 21. The molecule has 0 fully saturated rings. The van der Waals surface area contributed by atoms with Crippen molar-refractivity contribution in [1.82, 2.24) is 4.98 Å². The summed E-state index contributed by atoms with van der Waals surface area (Å²) in [5.41, 5.74) is 4.12. The lowest BCUT2D eigenvalue weighted by atomic mass is 9.96. The van der Waals surface area contributed by atoms with Crippen molar-refractivity contribution in [2.45, 2.75) is 78.6 Å². The van der Waals surface area contributed by atoms with Gasteiger partial charge in [-0.3, -0.25) is 9.59 Å². The van der Waals surface area contributed by atoms with E-state index in [0.717, 1.165) is 66.0 Å². The molecule has 0 spiro atoms. The summed E-state index contributed by atoms with van der Waals surface area (Å²) >= 11 is 6.11. The molecule has 1 heterocycles. The van der Waals surface area contributed by atoms with Gasteiger partial charge in [0.1, 0.15) is 22.4 Å². The fourth-order valence-corrected chi connectivity index (χ4v) is 5.15. The maximum Gasteiger partial charge on any atom is 0.306 e. The second kappa shape index (κ2) is 20.3. The Morgan fingerprint density at radius 2 is 1.40 bits per heavy atom. The standard InChI is InChI=1S/C36H46ClNO7/c1-4-41-30-23-29(28-19-20-38-34(37)25-28)24-31(26-30)44-21-10-8-7-9-13-27-14-11-15-33(32(27)17-18-36(40)43-6-3)45-22-12-16-35(39)42-5-2/h11,14-15,19-20,23-26H,4-10,12-13,16-18,21-22H2,1-3H3. The number of esters is 2. The van der Waals surface area contributed by atoms with Gasteiger partial charge >= 0.3 is 11.9 Å². The predicted octanol–water partition coefficient (Wildman–Crippen LogP) is 8.20. The zero-order chi connectivity index (χ0) is 32.3. The quantitative estimate of drug-likeness (QED) is 0.0654. The van der Waals surface area contributed by atoms with Crippen molar-refractivity contribution in [2.24, 2.45) is 0 Å². The van der Waals surface area contributed by atoms with Gasteiger partial charge in [0.2, 0.25) is 0 Å². The van der Waals surface area contributed by atoms with Crippen molar-refractivity contribution < 1.29 is 33.3 Å². The van der Waals surface area contributed by atoms with Gasteiger partial charge in [0, 0.05) is 25.1 Å². The smallest absolute Gasteiger partial charge is 0.306 e. The molecule has 0 N–H and O–H groups in total. The number of pyridine rings is 1. The summed E-state index contributed by atoms with van der Waals surface area (Å²) in [7, 11) is 0. The molecular formula is C36H46ClNO7. The molecule has 1 aromatic heterocycles. The van der Waals surface area contributed by atoms with E-state index in [9.17, 15) is 9.59 Å². The third kappa shape index (κ3) is 13.0. The van der Waals surface area contributed by atoms with Crippen molar-refractivity contribution in [2.75, 3.05) is 33.0 Å². The summed E-state index contributed by atoms with van der Waals surface area (Å²) in [6.07, 6.45) is 8.30. The molecule has 244 valence electrons. The number of nitrogens with zero attached hydrogens (tertiary/aromatic N) is 1. The fraction of sp³-hybridized carbons (Fsp3) is 0.472. The van der Waals surface area contributed by atoms with Gasteiger partial charge in [0.25, 0.3) is 0 Å². The van der Waals surface area contributed by atoms with Crippen LogP contribution in [0.1, 0.15) is 76.8 Å². The van der Waals surface area contributed by atoms with Crippen LogP contribution in [0.5, 0.6) is 17.2 Å². The van der Waals surface area contributed by atoms with E-state index in [1.54, 1.807) is 13.1 Å². The number of carbonyl (C=O) groups excluding carboxylic acids is 2. The molecule has 9 heteroatoms. The van der Waals surface area contributed by atoms with E-state index >= 15 is 0 Å². The van der Waals surface area contributed by atoms with Crippen molar-refractivity contribution in [1.29, 1.82) is 0 Å². The molecule has 0 unspecified atom stereocenters. The number of aromatic nitrogens is 1. The Kier molecular flexibility index (Phi) is 16.1. The highest BCUT2D eigenvalue weighted by Crippen LogP contribution is 2.31. The largest absolute Gasteiger partial charge is 0.494 e. The second-order valence-corrected chi connectivity index (χ2v) is 10.8. The zero-order valence-electron chi connectivity index (χ0n) is 26.8. The number of halogens is 1. The summed E-state index contributed by atoms with van der Waals surface area (Å²) in [5, 5.41) is 0.438. The fourth-order valence-electron chi connectivity index (χ4n) is 4.97. The highest BCUT2D eigenvalue weighted by molar-refractivity contribution is 6.29. The van der Waals surface area contributed by atoms with E-state index in [1.165, 1.54) is 5.56 Å². The number of hydrogen-bond acceptors (Lipinski definition) is 8. The number of hydrogen-bond donors (Lipinski definition) is 0. The average molecular weight is 640 g/mol. The normalized spacial score (nSPS) is 10.8. The zero-order valence-corrected chi connectivity index (χ0v) is 27.5. The summed E-state index contributed by atoms with van der Waals surface area (Å²) < 4.78 is 28.1. The number of carbonyl (C=O) groups is 2. The van der Waals surface area contributed by atoms with Gasteiger partial charge in [0.15, 0.2) is 0 Å². The van der Waals surface area contributed by atoms with Crippen LogP contribution in [0.4, 0.5) is 0 Å². The molecule has 3 rings (SSSR count). The third-order valence-corrected chi connectivity index (χ3v) is 7.27. The van der Waals surface area contributed by atoms with Crippen LogP contribution in [0, 0.1) is 0 Å². The van der Waals surface area contributed by atoms with E-state index in [2.05, 4.69) is 11.1 Å². The van der Waals surface area contributed by atoms with E-state index in [1.807, 2.05) is 56.3 Å². The van der Waals surface area contributed by atoms with Gasteiger partial charge in [0.05, 0.1) is 33.0 Å². The van der Waals surface area contributed by atoms with Crippen molar-refractivity contribution >= 4 is 23.5 Å². The molecule has 2 aromatic carbocycles. The van der Waals surface area contributed by atoms with Gasteiger partial charge in [-0.15, -0.1) is 0 Å². The Hall–Kier alpha value is -3.78. The maximum absolute atomic E-state index is 12.1. The molecule has 0 aliphatic rings. The van der Waals surface area contributed by atoms with Gasteiger partial charge in [-0.05, 0) is 105 Å². The summed E-state index contributed by atoms with van der Waals surface area (Å²) in [5.74, 6) is 1.83. The highest BCUT2D eigenvalue weighted by Gasteiger charge is 2.13. The Bertz CT molecular complexity index is 1350. The highest BCUT2D eigenvalue weighted by atomic mass is 35.5. The molecule has 0 saturated carbocycles. The van der Waals surface area contributed by atoms with E-state index in [4.69, 9.17) is 35.3 Å². The number of aryl methyl sites for hydroxylation is 1. The van der Waals surface area contributed by atoms with Crippen molar-refractivity contribution in [3.8, 4) is 28.4 Å². The molecule has 0 aliphatic heterocycles. The lowest BCUT2D eigenvalue weighted by molar-refractivity contribution is -0.144. The van der Waals surface area contributed by atoms with Crippen LogP contribution in [0.15, 0.2) is 54.7 Å². The predicted molar refractivity (Wildman–Crippen MR) is 176 cm³/mol. The van der Waals surface area contributed by atoms with Gasteiger partial charge in [-0.1, -0.05) is 36.6 Å². The van der Waals surface area contributed by atoms with Crippen molar-refractivity contribution in [3.63, 3.8) is 0 Å². The Labute approximate surface area is 272 Å². The molecule has 8 nitrogen and oxygen atoms in total. The van der Waals surface area contributed by atoms with Crippen LogP contribution < -0.4 is 14.2 Å². The SMILES string of the molecule is CCOC(=O)CCCOc1cccc(CCCCCCOc2cc(OCC)cc(-c3ccnc(Cl)c3)c2)c1CCC(=O)OCC. The number of ether oxygens (including phenoxy) is 5. The van der Waals surface area contributed by atoms with Crippen LogP contribution >= 0.6 is 11.6 Å². The van der Waals surface area contributed by atoms with E-state index in [0.29, 0.717) is 63.9 Å². The molecule has 45 heavy (non-hydrogen) atoms. The van der Waals surface area contributed by atoms with Crippen molar-refractivity contribution in [3.05, 3.63) is 71.0 Å². The minimum atomic E-state index is -0.220. The summed E-state index contributed by atoms with van der Waals surface area (Å²) in [6, 6.07) is 15.7. The van der Waals surface area contributed by atoms with Gasteiger partial charge in [-0.25, -0.2) is 4.98 Å². The monoisotopic (exact) mass is 639 g/mol. The molecule has 0 saturated heterocycles. The van der Waals surface area contributed by atoms with Crippen LogP contribution in [-0.2, 0) is 31.9 Å². The Morgan fingerprint density at radius 1 is 0.689 bits per heavy atom. The maximum atomic E-state index is 12.1. The minimum absolute atomic E-state index is 0.218. The molecule has 0 bridgehead atoms. The van der Waals surface area contributed by atoms with Gasteiger partial charge < -0.3 is 23.7 Å². The first-order valence-electron chi connectivity index (χ1n) is 16.0. The topological polar surface area (TPSA) is 93.2 Å². The summed E-state index contributed by atoms with van der Waals surface area (Å²) in [6.45, 7) is 7.87. The lowest BCUT2D eigenvalue weighted by Gasteiger charge is -2.16. The first-order valence-corrected chi connectivity index (χ1v) is 16.4. The first kappa shape index (κ1) is 35.7. The summed E-state index contributed by atoms with van der Waals surface area (Å²) in [4.78, 5) is 27.9. The second-order valence-electron chi connectivity index (χ2n) is 10.5. The van der Waals surface area contributed by atoms with Gasteiger partial charge in [-0.2, -0.15) is 0 Å². The van der Waals surface area contributed by atoms with Crippen LogP contribution in [-0.4, -0.2) is 50.0 Å². The number of unbranched alkanes of at least 4 members (excludes halogenated alkanes) is 3.